The predicted molar refractivity (Wildman–Crippen MR) is 296 cm³/mol. The van der Waals surface area contributed by atoms with Gasteiger partial charge < -0.3 is 20.3 Å². The summed E-state index contributed by atoms with van der Waals surface area (Å²) >= 11 is 0. The molecular formula is C62H109NO5. The van der Waals surface area contributed by atoms with Gasteiger partial charge in [-0.05, 0) is 96.3 Å². The lowest BCUT2D eigenvalue weighted by Crippen LogP contribution is -2.46. The van der Waals surface area contributed by atoms with Crippen LogP contribution in [-0.4, -0.2) is 46.9 Å². The van der Waals surface area contributed by atoms with Crippen LogP contribution in [0.4, 0.5) is 0 Å². The Morgan fingerprint density at radius 1 is 0.441 bits per heavy atom. The summed E-state index contributed by atoms with van der Waals surface area (Å²) in [6.45, 7) is 6.34. The van der Waals surface area contributed by atoms with E-state index in [9.17, 15) is 19.8 Å². The van der Waals surface area contributed by atoms with Crippen LogP contribution in [0.3, 0.4) is 0 Å². The fourth-order valence-electron chi connectivity index (χ4n) is 8.38. The van der Waals surface area contributed by atoms with E-state index in [2.05, 4.69) is 111 Å². The smallest absolute Gasteiger partial charge is 0.306 e. The SMILES string of the molecule is CC/C=C/C/C=C/C/C=C/C/C=C/CCCC(CC(=O)NC(CO)C(O)CCCCCCCCCCCCCCCCCC)OC(=O)CCCCCCCC/C=C\C/C=C\C/C=C\CCCCC. The molecule has 0 heterocycles. The molecule has 0 aliphatic heterocycles. The van der Waals surface area contributed by atoms with E-state index in [1.54, 1.807) is 0 Å². The molecule has 3 N–H and O–H groups in total. The number of carbonyl (C=O) groups is 2. The minimum absolute atomic E-state index is 0.0312. The summed E-state index contributed by atoms with van der Waals surface area (Å²) in [6.07, 6.45) is 72.2. The van der Waals surface area contributed by atoms with E-state index in [1.807, 2.05) is 0 Å². The number of allylic oxidation sites excluding steroid dienone is 14. The van der Waals surface area contributed by atoms with E-state index < -0.39 is 18.2 Å². The van der Waals surface area contributed by atoms with Gasteiger partial charge in [0.05, 0.1) is 25.2 Å². The first-order valence-electron chi connectivity index (χ1n) is 28.8. The number of hydrogen-bond donors (Lipinski definition) is 3. The lowest BCUT2D eigenvalue weighted by molar-refractivity contribution is -0.151. The Morgan fingerprint density at radius 3 is 1.26 bits per heavy atom. The normalized spacial score (nSPS) is 13.8. The third kappa shape index (κ3) is 49.5. The van der Waals surface area contributed by atoms with Gasteiger partial charge in [0.15, 0.2) is 0 Å². The second kappa shape index (κ2) is 55.0. The molecule has 6 heteroatoms. The fraction of sp³-hybridized carbons (Fsp3) is 0.742. The molecule has 0 aliphatic carbocycles. The Kier molecular flexibility index (Phi) is 52.6. The largest absolute Gasteiger partial charge is 0.462 e. The van der Waals surface area contributed by atoms with Gasteiger partial charge in [-0.15, -0.1) is 0 Å². The zero-order valence-electron chi connectivity index (χ0n) is 44.7. The van der Waals surface area contributed by atoms with Crippen molar-refractivity contribution in [3.63, 3.8) is 0 Å². The third-order valence-corrected chi connectivity index (χ3v) is 12.7. The number of aliphatic hydroxyl groups excluding tert-OH is 2. The molecule has 0 rings (SSSR count). The summed E-state index contributed by atoms with van der Waals surface area (Å²) in [7, 11) is 0. The zero-order chi connectivity index (χ0) is 49.5. The highest BCUT2D eigenvalue weighted by Crippen LogP contribution is 2.17. The molecule has 0 aliphatic rings. The molecule has 3 unspecified atom stereocenters. The Labute approximate surface area is 421 Å². The minimum Gasteiger partial charge on any atom is -0.462 e. The van der Waals surface area contributed by atoms with Crippen LogP contribution < -0.4 is 5.32 Å². The van der Waals surface area contributed by atoms with Crippen molar-refractivity contribution in [1.82, 2.24) is 5.32 Å². The molecule has 6 nitrogen and oxygen atoms in total. The van der Waals surface area contributed by atoms with Crippen LogP contribution in [0.2, 0.25) is 0 Å². The van der Waals surface area contributed by atoms with Crippen molar-refractivity contribution in [3.05, 3.63) is 85.1 Å². The van der Waals surface area contributed by atoms with Crippen molar-refractivity contribution in [3.8, 4) is 0 Å². The predicted octanol–water partition coefficient (Wildman–Crippen LogP) is 17.9. The van der Waals surface area contributed by atoms with E-state index >= 15 is 0 Å². The molecule has 0 fully saturated rings. The third-order valence-electron chi connectivity index (χ3n) is 12.7. The standard InChI is InChI=1S/C62H109NO5/c1-4-7-10-13-16-19-22-25-28-30-31-32-34-37-40-43-46-49-52-55-62(67)68-58(53-50-47-44-41-38-35-27-24-21-18-15-12-9-6-3)56-61(66)63-59(57-64)60(65)54-51-48-45-42-39-36-33-29-26-23-20-17-14-11-8-5-2/h9,12,16,18-19,21,25,27-28,31-32,35,41,44,58-60,64-65H,4-8,10-11,13-15,17,20,22-24,26,29-30,33-34,36-40,42-43,45-57H2,1-3H3,(H,63,66)/b12-9+,19-16-,21-18+,28-25-,32-31-,35-27+,44-41+. The first-order chi connectivity index (χ1) is 33.5. The lowest BCUT2D eigenvalue weighted by Gasteiger charge is -2.24. The van der Waals surface area contributed by atoms with Crippen molar-refractivity contribution in [1.29, 1.82) is 0 Å². The molecule has 0 saturated heterocycles. The van der Waals surface area contributed by atoms with E-state index in [0.717, 1.165) is 96.3 Å². The van der Waals surface area contributed by atoms with E-state index in [0.29, 0.717) is 19.3 Å². The first-order valence-corrected chi connectivity index (χ1v) is 28.8. The molecule has 0 spiro atoms. The van der Waals surface area contributed by atoms with Gasteiger partial charge in [0.1, 0.15) is 6.10 Å². The maximum absolute atomic E-state index is 13.3. The summed E-state index contributed by atoms with van der Waals surface area (Å²) in [4.78, 5) is 26.3. The van der Waals surface area contributed by atoms with Crippen molar-refractivity contribution in [2.24, 2.45) is 0 Å². The molecule has 68 heavy (non-hydrogen) atoms. The summed E-state index contributed by atoms with van der Waals surface area (Å²) in [5.41, 5.74) is 0. The van der Waals surface area contributed by atoms with Gasteiger partial charge in [-0.1, -0.05) is 247 Å². The number of unbranched alkanes of at least 4 members (excludes halogenated alkanes) is 25. The number of amides is 1. The van der Waals surface area contributed by atoms with Crippen molar-refractivity contribution >= 4 is 11.9 Å². The summed E-state index contributed by atoms with van der Waals surface area (Å²) in [6, 6.07) is -0.727. The molecule has 0 radical (unpaired) electrons. The number of ether oxygens (including phenoxy) is 1. The van der Waals surface area contributed by atoms with Gasteiger partial charge in [0.25, 0.3) is 0 Å². The van der Waals surface area contributed by atoms with Gasteiger partial charge in [-0.2, -0.15) is 0 Å². The van der Waals surface area contributed by atoms with Crippen LogP contribution in [0.5, 0.6) is 0 Å². The van der Waals surface area contributed by atoms with Gasteiger partial charge in [-0.25, -0.2) is 0 Å². The van der Waals surface area contributed by atoms with Crippen molar-refractivity contribution < 1.29 is 24.5 Å². The lowest BCUT2D eigenvalue weighted by atomic mass is 10.0. The molecule has 392 valence electrons. The Balaban J connectivity index is 4.62. The van der Waals surface area contributed by atoms with Crippen molar-refractivity contribution in [2.45, 2.75) is 289 Å². The summed E-state index contributed by atoms with van der Waals surface area (Å²) in [5, 5.41) is 23.9. The highest BCUT2D eigenvalue weighted by molar-refractivity contribution is 5.77. The number of hydrogen-bond acceptors (Lipinski definition) is 5. The highest BCUT2D eigenvalue weighted by atomic mass is 16.5. The average molecular weight is 949 g/mol. The topological polar surface area (TPSA) is 95.9 Å². The average Bonchev–Trinajstić information content (AvgIpc) is 3.33. The van der Waals surface area contributed by atoms with Crippen LogP contribution in [0, 0.1) is 0 Å². The monoisotopic (exact) mass is 948 g/mol. The maximum Gasteiger partial charge on any atom is 0.306 e. The molecule has 1 amide bonds. The Morgan fingerprint density at radius 2 is 0.809 bits per heavy atom. The van der Waals surface area contributed by atoms with Gasteiger partial charge in [-0.3, -0.25) is 9.59 Å². The second-order valence-corrected chi connectivity index (χ2v) is 19.3. The van der Waals surface area contributed by atoms with Crippen LogP contribution >= 0.6 is 0 Å². The van der Waals surface area contributed by atoms with Crippen LogP contribution in [-0.2, 0) is 14.3 Å². The van der Waals surface area contributed by atoms with E-state index in [1.165, 1.54) is 128 Å². The zero-order valence-corrected chi connectivity index (χ0v) is 44.7. The molecule has 0 aromatic rings. The van der Waals surface area contributed by atoms with Gasteiger partial charge in [0, 0.05) is 6.42 Å². The molecular weight excluding hydrogens is 839 g/mol. The van der Waals surface area contributed by atoms with Crippen molar-refractivity contribution in [2.75, 3.05) is 6.61 Å². The number of aliphatic hydroxyl groups is 2. The second-order valence-electron chi connectivity index (χ2n) is 19.3. The van der Waals surface area contributed by atoms with E-state index in [4.69, 9.17) is 4.74 Å². The minimum atomic E-state index is -0.809. The number of nitrogens with one attached hydrogen (secondary N) is 1. The molecule has 0 aromatic carbocycles. The van der Waals surface area contributed by atoms with Gasteiger partial charge in [0.2, 0.25) is 5.91 Å². The summed E-state index contributed by atoms with van der Waals surface area (Å²) in [5.74, 6) is -0.542. The Bertz CT molecular complexity index is 1290. The molecule has 0 saturated carbocycles. The van der Waals surface area contributed by atoms with E-state index in [-0.39, 0.29) is 24.9 Å². The quantitative estimate of drug-likeness (QED) is 0.0321. The van der Waals surface area contributed by atoms with Crippen LogP contribution in [0.15, 0.2) is 85.1 Å². The molecule has 0 bridgehead atoms. The number of carbonyl (C=O) groups excluding carboxylic acids is 2. The van der Waals surface area contributed by atoms with Gasteiger partial charge >= 0.3 is 5.97 Å². The summed E-state index contributed by atoms with van der Waals surface area (Å²) < 4.78 is 5.92. The maximum atomic E-state index is 13.3. The first kappa shape index (κ1) is 65.0. The number of esters is 1. The van der Waals surface area contributed by atoms with Crippen LogP contribution in [0.25, 0.3) is 0 Å². The molecule has 3 atom stereocenters. The molecule has 0 aromatic heterocycles. The highest BCUT2D eigenvalue weighted by Gasteiger charge is 2.24. The fourth-order valence-corrected chi connectivity index (χ4v) is 8.38. The van der Waals surface area contributed by atoms with Crippen LogP contribution in [0.1, 0.15) is 271 Å². The number of rotatable bonds is 51. The Hall–Kier alpha value is -2.96.